The summed E-state index contributed by atoms with van der Waals surface area (Å²) in [4.78, 5) is 17.9. The molecule has 3 N–H and O–H groups in total. The number of carbonyl (C=O) groups excluding carboxylic acids is 1. The van der Waals surface area contributed by atoms with Crippen LogP contribution in [0, 0.1) is 6.92 Å². The number of hydrogen-bond donors (Lipinski definition) is 2. The second kappa shape index (κ2) is 7.05. The van der Waals surface area contributed by atoms with Gasteiger partial charge < -0.3 is 10.1 Å². The van der Waals surface area contributed by atoms with Crippen LogP contribution in [0.25, 0.3) is 0 Å². The van der Waals surface area contributed by atoms with Gasteiger partial charge in [-0.05, 0) is 56.1 Å². The molecule has 0 saturated heterocycles. The predicted octanol–water partition coefficient (Wildman–Crippen LogP) is 2.84. The fourth-order valence-corrected chi connectivity index (χ4v) is 6.07. The molecule has 5 rings (SSSR count). The number of nitrogens with zero attached hydrogens (tertiary/aromatic N) is 4. The van der Waals surface area contributed by atoms with E-state index in [0.29, 0.717) is 30.6 Å². The van der Waals surface area contributed by atoms with E-state index in [1.54, 1.807) is 11.6 Å². The van der Waals surface area contributed by atoms with Gasteiger partial charge in [-0.15, -0.1) is 4.36 Å². The molecule has 30 heavy (non-hydrogen) atoms. The van der Waals surface area contributed by atoms with Crippen LogP contribution in [0.5, 0.6) is 5.88 Å². The molecule has 2 unspecified atom stereocenters. The summed E-state index contributed by atoms with van der Waals surface area (Å²) in [7, 11) is -3.51. The first-order valence-corrected chi connectivity index (χ1v) is 12.0. The molecule has 0 spiro atoms. The number of amides is 2. The fourth-order valence-electron chi connectivity index (χ4n) is 4.81. The standard InChI is InChI=1S/C20H26N6O3S/c1-11-7-8-14-16(11)22-15-6-3-5-13(15)17(14)23-20(27)25-30(21,28)18-12(2)24-26-9-4-10-29-19(18)26/h11H,3-10H2,1-2H3,(H3,21,22,23,25,27,28). The molecule has 10 heteroatoms. The molecule has 2 aliphatic carbocycles. The van der Waals surface area contributed by atoms with Gasteiger partial charge in [-0.3, -0.25) is 4.98 Å². The maximum absolute atomic E-state index is 13.3. The zero-order chi connectivity index (χ0) is 21.0. The van der Waals surface area contributed by atoms with Crippen molar-refractivity contribution in [3.8, 4) is 5.88 Å². The van der Waals surface area contributed by atoms with Gasteiger partial charge in [-0.2, -0.15) is 5.10 Å². The Labute approximate surface area is 175 Å². The topological polar surface area (TPSA) is 124 Å². The second-order valence-corrected chi connectivity index (χ2v) is 10.0. The summed E-state index contributed by atoms with van der Waals surface area (Å²) in [5.41, 5.74) is 5.55. The van der Waals surface area contributed by atoms with Crippen molar-refractivity contribution in [3.63, 3.8) is 0 Å². The van der Waals surface area contributed by atoms with E-state index >= 15 is 0 Å². The normalized spacial score (nSPS) is 21.2. The van der Waals surface area contributed by atoms with Crippen molar-refractivity contribution in [3.05, 3.63) is 28.2 Å². The molecule has 0 saturated carbocycles. The molecule has 0 aromatic carbocycles. The Morgan fingerprint density at radius 3 is 2.97 bits per heavy atom. The third-order valence-electron chi connectivity index (χ3n) is 6.17. The minimum absolute atomic E-state index is 0.205. The molecular weight excluding hydrogens is 404 g/mol. The average Bonchev–Trinajstić information content (AvgIpc) is 3.38. The van der Waals surface area contributed by atoms with E-state index in [-0.39, 0.29) is 4.90 Å². The molecule has 160 valence electrons. The van der Waals surface area contributed by atoms with Crippen LogP contribution in [-0.4, -0.2) is 31.6 Å². The largest absolute Gasteiger partial charge is 0.477 e. The number of ether oxygens (including phenoxy) is 1. The maximum Gasteiger partial charge on any atom is 0.354 e. The molecule has 0 fully saturated rings. The Balaban J connectivity index is 1.52. The first kappa shape index (κ1) is 19.5. The van der Waals surface area contributed by atoms with E-state index in [4.69, 9.17) is 14.9 Å². The number of pyridine rings is 1. The van der Waals surface area contributed by atoms with E-state index in [1.165, 1.54) is 0 Å². The monoisotopic (exact) mass is 430 g/mol. The molecule has 0 bridgehead atoms. The molecule has 2 aromatic heterocycles. The van der Waals surface area contributed by atoms with Crippen LogP contribution in [0.3, 0.4) is 0 Å². The van der Waals surface area contributed by atoms with Crippen molar-refractivity contribution < 1.29 is 13.7 Å². The van der Waals surface area contributed by atoms with Gasteiger partial charge in [0.05, 0.1) is 18.0 Å². The molecule has 3 heterocycles. The Morgan fingerprint density at radius 1 is 1.30 bits per heavy atom. The summed E-state index contributed by atoms with van der Waals surface area (Å²) in [5.74, 6) is 0.721. The molecule has 0 radical (unpaired) electrons. The predicted molar refractivity (Wildman–Crippen MR) is 112 cm³/mol. The number of rotatable bonds is 2. The number of fused-ring (bicyclic) bond motifs is 3. The Hall–Kier alpha value is -2.46. The number of carbonyl (C=O) groups is 1. The Morgan fingerprint density at radius 2 is 2.13 bits per heavy atom. The fraction of sp³-hybridized carbons (Fsp3) is 0.550. The van der Waals surface area contributed by atoms with Crippen LogP contribution < -0.4 is 15.2 Å². The van der Waals surface area contributed by atoms with E-state index in [1.807, 2.05) is 0 Å². The van der Waals surface area contributed by atoms with Gasteiger partial charge in [0.15, 0.2) is 9.92 Å². The second-order valence-electron chi connectivity index (χ2n) is 8.30. The number of nitrogens with one attached hydrogen (secondary N) is 1. The van der Waals surface area contributed by atoms with Crippen LogP contribution >= 0.6 is 0 Å². The van der Waals surface area contributed by atoms with Crippen molar-refractivity contribution in [2.45, 2.75) is 69.7 Å². The zero-order valence-corrected chi connectivity index (χ0v) is 18.0. The van der Waals surface area contributed by atoms with Crippen molar-refractivity contribution in [1.29, 1.82) is 0 Å². The highest BCUT2D eigenvalue weighted by Crippen LogP contribution is 2.41. The zero-order valence-electron chi connectivity index (χ0n) is 17.2. The third kappa shape index (κ3) is 3.09. The maximum atomic E-state index is 13.3. The number of nitrogens with two attached hydrogens (primary N) is 1. The lowest BCUT2D eigenvalue weighted by Gasteiger charge is -2.17. The molecule has 2 amide bonds. The SMILES string of the molecule is Cc1nn2c(c1S(N)(=O)=NC(=O)Nc1c3c(nc4c1CCC4C)CCC3)OCCC2. The van der Waals surface area contributed by atoms with Gasteiger partial charge in [-0.25, -0.2) is 18.8 Å². The molecule has 2 aromatic rings. The Kier molecular flexibility index (Phi) is 4.59. The summed E-state index contributed by atoms with van der Waals surface area (Å²) in [5, 5.41) is 13.3. The molecular formula is C20H26N6O3S. The molecule has 1 aliphatic heterocycles. The highest BCUT2D eigenvalue weighted by Gasteiger charge is 2.31. The van der Waals surface area contributed by atoms with Crippen LogP contribution in [0.2, 0.25) is 0 Å². The first-order valence-electron chi connectivity index (χ1n) is 10.5. The smallest absolute Gasteiger partial charge is 0.354 e. The average molecular weight is 431 g/mol. The number of aryl methyl sites for hydroxylation is 3. The number of hydrogen-bond acceptors (Lipinski definition) is 5. The molecule has 9 nitrogen and oxygen atoms in total. The van der Waals surface area contributed by atoms with Crippen molar-refractivity contribution in [2.24, 2.45) is 9.50 Å². The lowest BCUT2D eigenvalue weighted by molar-refractivity contribution is 0.224. The van der Waals surface area contributed by atoms with Crippen molar-refractivity contribution in [2.75, 3.05) is 11.9 Å². The lowest BCUT2D eigenvalue weighted by Crippen LogP contribution is -2.21. The highest BCUT2D eigenvalue weighted by atomic mass is 32.2. The number of aromatic nitrogens is 3. The summed E-state index contributed by atoms with van der Waals surface area (Å²) >= 11 is 0. The van der Waals surface area contributed by atoms with E-state index in [0.717, 1.165) is 66.7 Å². The van der Waals surface area contributed by atoms with Crippen molar-refractivity contribution >= 4 is 21.6 Å². The third-order valence-corrected chi connectivity index (χ3v) is 7.67. The van der Waals surface area contributed by atoms with Gasteiger partial charge in [0, 0.05) is 24.4 Å². The summed E-state index contributed by atoms with van der Waals surface area (Å²) in [6, 6.07) is -0.709. The van der Waals surface area contributed by atoms with Gasteiger partial charge in [0.25, 0.3) is 0 Å². The van der Waals surface area contributed by atoms with Gasteiger partial charge in [-0.1, -0.05) is 6.92 Å². The summed E-state index contributed by atoms with van der Waals surface area (Å²) in [6.07, 6.45) is 5.51. The van der Waals surface area contributed by atoms with E-state index in [9.17, 15) is 9.00 Å². The van der Waals surface area contributed by atoms with Gasteiger partial charge in [0.1, 0.15) is 4.90 Å². The van der Waals surface area contributed by atoms with Crippen molar-refractivity contribution in [1.82, 2.24) is 14.8 Å². The Bertz CT molecular complexity index is 1180. The number of anilines is 1. The number of urea groups is 1. The van der Waals surface area contributed by atoms with Crippen LogP contribution in [-0.2, 0) is 35.7 Å². The highest BCUT2D eigenvalue weighted by molar-refractivity contribution is 7.91. The minimum Gasteiger partial charge on any atom is -0.477 e. The quantitative estimate of drug-likeness (QED) is 0.758. The van der Waals surface area contributed by atoms with Gasteiger partial charge >= 0.3 is 6.03 Å². The summed E-state index contributed by atoms with van der Waals surface area (Å²) in [6.45, 7) is 5.02. The molecule has 3 aliphatic rings. The molecule has 2 atom stereocenters. The first-order chi connectivity index (χ1) is 14.3. The summed E-state index contributed by atoms with van der Waals surface area (Å²) < 4.78 is 24.4. The minimum atomic E-state index is -3.51. The van der Waals surface area contributed by atoms with E-state index < -0.39 is 15.9 Å². The van der Waals surface area contributed by atoms with Crippen LogP contribution in [0.15, 0.2) is 9.26 Å². The van der Waals surface area contributed by atoms with E-state index in [2.05, 4.69) is 21.7 Å². The van der Waals surface area contributed by atoms with Crippen LogP contribution in [0.4, 0.5) is 10.5 Å². The van der Waals surface area contributed by atoms with Gasteiger partial charge in [0.2, 0.25) is 5.88 Å². The lowest BCUT2D eigenvalue weighted by atomic mass is 10.0. The van der Waals surface area contributed by atoms with Crippen LogP contribution in [0.1, 0.15) is 60.3 Å².